The quantitative estimate of drug-likeness (QED) is 0.114. The summed E-state index contributed by atoms with van der Waals surface area (Å²) < 4.78 is 23.4. The lowest BCUT2D eigenvalue weighted by atomic mass is 9.82. The molecule has 0 radical (unpaired) electrons. The Labute approximate surface area is 319 Å². The van der Waals surface area contributed by atoms with Crippen LogP contribution in [0.25, 0.3) is 10.8 Å². The summed E-state index contributed by atoms with van der Waals surface area (Å²) in [6, 6.07) is 33.9. The van der Waals surface area contributed by atoms with Crippen molar-refractivity contribution in [2.75, 3.05) is 23.0 Å². The number of amides is 3. The van der Waals surface area contributed by atoms with Gasteiger partial charge in [0.05, 0.1) is 42.6 Å². The number of nitrogens with zero attached hydrogens (tertiary/aromatic N) is 3. The molecule has 5 aromatic rings. The van der Waals surface area contributed by atoms with E-state index in [9.17, 15) is 14.7 Å². The Morgan fingerprint density at radius 2 is 1.65 bits per heavy atom. The Morgan fingerprint density at radius 3 is 2.39 bits per heavy atom. The maximum atomic E-state index is 16.5. The van der Waals surface area contributed by atoms with Crippen LogP contribution in [0.2, 0.25) is 23.7 Å². The van der Waals surface area contributed by atoms with Crippen LogP contribution >= 0.6 is 11.6 Å². The molecule has 5 aromatic carbocycles. The molecule has 8 nitrogen and oxygen atoms in total. The molecule has 3 amide bonds. The van der Waals surface area contributed by atoms with E-state index in [1.165, 1.54) is 0 Å². The fraction of sp³-hybridized carbons (Fsp3) is 0.279. The van der Waals surface area contributed by atoms with Crippen molar-refractivity contribution in [1.29, 1.82) is 0 Å². The number of hydrogen-bond donors (Lipinski definition) is 1. The van der Waals surface area contributed by atoms with Gasteiger partial charge in [-0.25, -0.2) is 0 Å². The van der Waals surface area contributed by atoms with E-state index in [2.05, 4.69) is 0 Å². The standard InChI is InChI=1S/C43H41ClFN3O5Si/c1-27-40(54(2,3)45)37(24-38(50)46(20-21-49)25-28-10-5-4-6-11-28)53-43(27)34-23-31(44)18-19-35(34)47(42(43)52)26-29-12-7-15-32(22-29)48-36-17-9-14-30-13-8-16-33(39(30)36)41(48)51/h4-19,22-23,27,37,40,49H,20-21,24-26H2,1-3H3/t27-,37+,40-,43+/m1/s1. The summed E-state index contributed by atoms with van der Waals surface area (Å²) in [4.78, 5) is 47.6. The van der Waals surface area contributed by atoms with Crippen molar-refractivity contribution in [3.05, 3.63) is 136 Å². The molecule has 0 aromatic heterocycles. The second kappa shape index (κ2) is 13.8. The third-order valence-corrected chi connectivity index (χ3v) is 14.0. The van der Waals surface area contributed by atoms with Crippen molar-refractivity contribution in [2.45, 2.75) is 56.8 Å². The highest BCUT2D eigenvalue weighted by atomic mass is 35.5. The number of aliphatic hydroxyl groups is 1. The Morgan fingerprint density at radius 1 is 0.926 bits per heavy atom. The van der Waals surface area contributed by atoms with E-state index in [0.717, 1.165) is 27.6 Å². The van der Waals surface area contributed by atoms with Gasteiger partial charge in [-0.1, -0.05) is 85.3 Å². The summed E-state index contributed by atoms with van der Waals surface area (Å²) >= 11 is 6.59. The molecule has 1 fully saturated rings. The number of aliphatic hydroxyl groups excluding tert-OH is 1. The van der Waals surface area contributed by atoms with Crippen LogP contribution in [-0.4, -0.2) is 55.4 Å². The van der Waals surface area contributed by atoms with E-state index in [1.807, 2.05) is 97.9 Å². The van der Waals surface area contributed by atoms with Crippen LogP contribution in [0.3, 0.4) is 0 Å². The predicted molar refractivity (Wildman–Crippen MR) is 211 cm³/mol. The Balaban J connectivity index is 1.12. The summed E-state index contributed by atoms with van der Waals surface area (Å²) in [5.74, 6) is -1.37. The molecule has 0 saturated carbocycles. The molecule has 1 saturated heterocycles. The van der Waals surface area contributed by atoms with Gasteiger partial charge in [-0.15, -0.1) is 0 Å². The highest BCUT2D eigenvalue weighted by Gasteiger charge is 2.67. The van der Waals surface area contributed by atoms with Crippen LogP contribution in [0.5, 0.6) is 0 Å². The molecule has 3 aliphatic heterocycles. The highest BCUT2D eigenvalue weighted by molar-refractivity contribution is 6.72. The first-order valence-corrected chi connectivity index (χ1v) is 21.6. The Hall–Kier alpha value is -4.87. The van der Waals surface area contributed by atoms with E-state index in [-0.39, 0.29) is 50.4 Å². The molecule has 1 spiro atoms. The first-order valence-electron chi connectivity index (χ1n) is 18.3. The maximum absolute atomic E-state index is 16.5. The average Bonchev–Trinajstić information content (AvgIpc) is 3.70. The summed E-state index contributed by atoms with van der Waals surface area (Å²) in [5, 5.41) is 12.1. The van der Waals surface area contributed by atoms with E-state index in [1.54, 1.807) is 46.0 Å². The van der Waals surface area contributed by atoms with Crippen molar-refractivity contribution in [1.82, 2.24) is 4.90 Å². The van der Waals surface area contributed by atoms with Gasteiger partial charge < -0.3 is 23.8 Å². The van der Waals surface area contributed by atoms with E-state index in [4.69, 9.17) is 16.3 Å². The number of carbonyl (C=O) groups is 3. The summed E-state index contributed by atoms with van der Waals surface area (Å²) in [6.07, 6.45) is -1.03. The molecule has 1 N–H and O–H groups in total. The van der Waals surface area contributed by atoms with Gasteiger partial charge in [-0.3, -0.25) is 19.3 Å². The van der Waals surface area contributed by atoms with Gasteiger partial charge in [-0.2, -0.15) is 0 Å². The molecule has 276 valence electrons. The predicted octanol–water partition coefficient (Wildman–Crippen LogP) is 8.52. The lowest BCUT2D eigenvalue weighted by Gasteiger charge is -2.31. The van der Waals surface area contributed by atoms with Gasteiger partial charge in [-0.05, 0) is 72.1 Å². The zero-order chi connectivity index (χ0) is 37.9. The van der Waals surface area contributed by atoms with E-state index >= 15 is 8.90 Å². The van der Waals surface area contributed by atoms with E-state index in [0.29, 0.717) is 27.5 Å². The smallest absolute Gasteiger partial charge is 0.264 e. The normalized spacial score (nSPS) is 21.8. The summed E-state index contributed by atoms with van der Waals surface area (Å²) in [6.45, 7) is 5.37. The van der Waals surface area contributed by atoms with Crippen molar-refractivity contribution in [2.24, 2.45) is 5.92 Å². The molecule has 3 aliphatic rings. The van der Waals surface area contributed by atoms with Crippen LogP contribution in [0, 0.1) is 5.92 Å². The fourth-order valence-corrected chi connectivity index (χ4v) is 11.7. The van der Waals surface area contributed by atoms with Gasteiger partial charge in [0.2, 0.25) is 14.3 Å². The van der Waals surface area contributed by atoms with E-state index < -0.39 is 31.6 Å². The molecule has 0 bridgehead atoms. The second-order valence-corrected chi connectivity index (χ2v) is 19.3. The monoisotopic (exact) mass is 761 g/mol. The zero-order valence-corrected chi connectivity index (χ0v) is 32.1. The second-order valence-electron chi connectivity index (χ2n) is 15.0. The molecular weight excluding hydrogens is 721 g/mol. The first-order chi connectivity index (χ1) is 25.9. The highest BCUT2D eigenvalue weighted by Crippen LogP contribution is 2.60. The van der Waals surface area contributed by atoms with Crippen LogP contribution in [0.4, 0.5) is 21.2 Å². The molecule has 0 unspecified atom stereocenters. The number of halogens is 2. The van der Waals surface area contributed by atoms with Crippen LogP contribution < -0.4 is 9.80 Å². The number of anilines is 3. The molecule has 54 heavy (non-hydrogen) atoms. The van der Waals surface area contributed by atoms with Gasteiger partial charge in [0.1, 0.15) is 0 Å². The van der Waals surface area contributed by atoms with Crippen molar-refractivity contribution >= 4 is 65.6 Å². The fourth-order valence-electron chi connectivity index (χ4n) is 9.04. The molecular formula is C43H41ClFN3O5Si. The van der Waals surface area contributed by atoms with Crippen LogP contribution in [0.15, 0.2) is 109 Å². The third kappa shape index (κ3) is 5.92. The van der Waals surface area contributed by atoms with Gasteiger partial charge in [0, 0.05) is 46.2 Å². The SMILES string of the molecule is C[C@@H]1[C@@H]([Si](C)(C)F)[C@H](CC(=O)N(CCO)Cc2ccccc2)O[C@@]12C(=O)N(Cc1cccc(N3C(=O)c4cccc5cccc3c45)c1)c1ccc(Cl)cc12. The van der Waals surface area contributed by atoms with Gasteiger partial charge in [0.25, 0.3) is 11.8 Å². The zero-order valence-electron chi connectivity index (χ0n) is 30.3. The molecule has 11 heteroatoms. The number of fused-ring (bicyclic) bond motifs is 2. The Bertz CT molecular complexity index is 2300. The maximum Gasteiger partial charge on any atom is 0.264 e. The molecule has 4 atom stereocenters. The van der Waals surface area contributed by atoms with Crippen molar-refractivity contribution in [3.63, 3.8) is 0 Å². The molecule has 8 rings (SSSR count). The van der Waals surface area contributed by atoms with Crippen molar-refractivity contribution in [3.8, 4) is 0 Å². The van der Waals surface area contributed by atoms with Crippen molar-refractivity contribution < 1.29 is 28.3 Å². The van der Waals surface area contributed by atoms with Crippen LogP contribution in [0.1, 0.15) is 40.4 Å². The molecule has 0 aliphatic carbocycles. The topological polar surface area (TPSA) is 90.4 Å². The summed E-state index contributed by atoms with van der Waals surface area (Å²) in [5.41, 5.74) is 2.69. The van der Waals surface area contributed by atoms with Crippen LogP contribution in [-0.2, 0) is 33.0 Å². The summed E-state index contributed by atoms with van der Waals surface area (Å²) in [7, 11) is -3.56. The lowest BCUT2D eigenvalue weighted by molar-refractivity contribution is -0.150. The third-order valence-electron chi connectivity index (χ3n) is 11.3. The minimum absolute atomic E-state index is 0.108. The molecule has 3 heterocycles. The number of rotatable bonds is 10. The minimum Gasteiger partial charge on any atom is -0.395 e. The minimum atomic E-state index is -3.56. The lowest BCUT2D eigenvalue weighted by Crippen LogP contribution is -2.45. The number of ether oxygens (including phenoxy) is 1. The van der Waals surface area contributed by atoms with Gasteiger partial charge in [0.15, 0.2) is 5.60 Å². The number of hydrogen-bond acceptors (Lipinski definition) is 5. The average molecular weight is 762 g/mol. The Kier molecular flexibility index (Phi) is 9.21. The number of carbonyl (C=O) groups excluding carboxylic acids is 3. The van der Waals surface area contributed by atoms with Gasteiger partial charge >= 0.3 is 0 Å². The largest absolute Gasteiger partial charge is 0.395 e. The first kappa shape index (κ1) is 36.1. The number of benzene rings is 5.